The monoisotopic (exact) mass is 537 g/mol. The number of benzene rings is 1. The first kappa shape index (κ1) is 27.6. The van der Waals surface area contributed by atoms with Crippen molar-refractivity contribution in [2.24, 2.45) is 11.8 Å². The number of Topliss-reactive ketones (excluding diaryl/α,β-unsaturated/α-hetero) is 1. The van der Waals surface area contributed by atoms with Crippen molar-refractivity contribution in [3.05, 3.63) is 65.1 Å². The van der Waals surface area contributed by atoms with Gasteiger partial charge >= 0.3 is 0 Å². The minimum absolute atomic E-state index is 0.0272. The highest BCUT2D eigenvalue weighted by atomic mass is 32.2. The molecular weight excluding hydrogens is 502 g/mol. The van der Waals surface area contributed by atoms with Gasteiger partial charge in [0.1, 0.15) is 16.5 Å². The van der Waals surface area contributed by atoms with Crippen LogP contribution in [0.25, 0.3) is 11.3 Å². The van der Waals surface area contributed by atoms with Gasteiger partial charge in [0.15, 0.2) is 5.78 Å². The summed E-state index contributed by atoms with van der Waals surface area (Å²) in [4.78, 5) is 32.2. The number of aromatic nitrogens is 1. The van der Waals surface area contributed by atoms with E-state index in [0.717, 1.165) is 12.0 Å². The zero-order chi connectivity index (χ0) is 27.7. The molecule has 1 atom stereocenters. The van der Waals surface area contributed by atoms with Crippen LogP contribution in [-0.4, -0.2) is 43.8 Å². The number of ether oxygens (including phenoxy) is 1. The van der Waals surface area contributed by atoms with Gasteiger partial charge in [-0.1, -0.05) is 45.1 Å². The molecule has 1 amide bonds. The number of nitrogens with one attached hydrogen (secondary N) is 1. The van der Waals surface area contributed by atoms with Crippen LogP contribution in [0, 0.1) is 11.8 Å². The Morgan fingerprint density at radius 3 is 2.61 bits per heavy atom. The number of carbonyl (C=O) groups excluding carboxylic acids is 2. The van der Waals surface area contributed by atoms with Crippen molar-refractivity contribution in [2.75, 3.05) is 18.1 Å². The number of allylic oxidation sites excluding steroid dienone is 4. The molecule has 0 radical (unpaired) electrons. The van der Waals surface area contributed by atoms with Crippen LogP contribution in [0.5, 0.6) is 5.75 Å². The Labute approximate surface area is 224 Å². The first-order chi connectivity index (χ1) is 17.9. The Hall–Kier alpha value is -3.46. The Morgan fingerprint density at radius 2 is 1.95 bits per heavy atom. The second-order valence-corrected chi connectivity index (χ2v) is 12.7. The molecule has 0 bridgehead atoms. The molecule has 1 fully saturated rings. The topological polar surface area (TPSA) is 106 Å². The predicted molar refractivity (Wildman–Crippen MR) is 148 cm³/mol. The largest absolute Gasteiger partial charge is 0.493 e. The molecule has 9 heteroatoms. The summed E-state index contributed by atoms with van der Waals surface area (Å²) in [6.45, 7) is 11.7. The number of ketones is 1. The third kappa shape index (κ3) is 5.83. The number of anilines is 1. The van der Waals surface area contributed by atoms with Crippen LogP contribution >= 0.6 is 0 Å². The Morgan fingerprint density at radius 1 is 1.21 bits per heavy atom. The van der Waals surface area contributed by atoms with E-state index in [0.29, 0.717) is 42.2 Å². The minimum atomic E-state index is -4.35. The summed E-state index contributed by atoms with van der Waals surface area (Å²) >= 11 is 0. The Balaban J connectivity index is 1.77. The van der Waals surface area contributed by atoms with E-state index in [2.05, 4.69) is 44.2 Å². The number of hydrogen-bond acceptors (Lipinski definition) is 7. The van der Waals surface area contributed by atoms with E-state index < -0.39 is 26.6 Å². The molecule has 1 aromatic heterocycles. The average molecular weight is 538 g/mol. The third-order valence-corrected chi connectivity index (χ3v) is 8.06. The van der Waals surface area contributed by atoms with Gasteiger partial charge in [-0.05, 0) is 62.4 Å². The van der Waals surface area contributed by atoms with Gasteiger partial charge in [-0.15, -0.1) is 0 Å². The molecule has 1 aliphatic heterocycles. The molecule has 8 nitrogen and oxygen atoms in total. The van der Waals surface area contributed by atoms with Gasteiger partial charge in [0.05, 0.1) is 17.9 Å². The molecule has 4 rings (SSSR count). The summed E-state index contributed by atoms with van der Waals surface area (Å²) in [6.07, 6.45) is 5.14. The van der Waals surface area contributed by atoms with Crippen LogP contribution in [0.4, 0.5) is 5.82 Å². The van der Waals surface area contributed by atoms with Gasteiger partial charge in [-0.25, -0.2) is 18.1 Å². The SMILES string of the molecule is CC(C)COc1ccccc1-c1ccc(C(=O)NS(=O)(=O)C2=CC=CCC2=O)c(N2C[C@@H](C)CC2(C)C)n1. The fourth-order valence-corrected chi connectivity index (χ4v) is 6.10. The summed E-state index contributed by atoms with van der Waals surface area (Å²) in [5.74, 6) is 0.383. The average Bonchev–Trinajstić information content (AvgIpc) is 3.13. The van der Waals surface area contributed by atoms with Crippen molar-refractivity contribution >= 4 is 27.5 Å². The second-order valence-electron chi connectivity index (χ2n) is 11.0. The zero-order valence-electron chi connectivity index (χ0n) is 22.5. The number of rotatable bonds is 8. The summed E-state index contributed by atoms with van der Waals surface area (Å²) in [5.41, 5.74) is 1.21. The van der Waals surface area contributed by atoms with E-state index in [1.54, 1.807) is 18.2 Å². The highest BCUT2D eigenvalue weighted by molar-refractivity contribution is 7.95. The molecule has 38 heavy (non-hydrogen) atoms. The number of sulfonamides is 1. The van der Waals surface area contributed by atoms with Crippen molar-refractivity contribution in [1.29, 1.82) is 0 Å². The molecule has 0 spiro atoms. The fourth-order valence-electron chi connectivity index (χ4n) is 5.00. The molecule has 2 aliphatic rings. The van der Waals surface area contributed by atoms with Crippen LogP contribution in [-0.2, 0) is 14.8 Å². The van der Waals surface area contributed by atoms with Crippen LogP contribution < -0.4 is 14.4 Å². The molecule has 1 N–H and O–H groups in total. The van der Waals surface area contributed by atoms with Gasteiger partial charge < -0.3 is 9.64 Å². The van der Waals surface area contributed by atoms with Gasteiger partial charge in [0, 0.05) is 24.1 Å². The second kappa shape index (κ2) is 10.7. The first-order valence-electron chi connectivity index (χ1n) is 12.9. The van der Waals surface area contributed by atoms with E-state index in [-0.39, 0.29) is 17.5 Å². The van der Waals surface area contributed by atoms with Crippen LogP contribution in [0.15, 0.2) is 59.5 Å². The molecule has 1 aliphatic carbocycles. The molecule has 0 unspecified atom stereocenters. The quantitative estimate of drug-likeness (QED) is 0.512. The van der Waals surface area contributed by atoms with Crippen LogP contribution in [0.3, 0.4) is 0 Å². The lowest BCUT2D eigenvalue weighted by Gasteiger charge is -2.34. The lowest BCUT2D eigenvalue weighted by molar-refractivity contribution is -0.114. The standard InChI is InChI=1S/C29H35N3O5S/c1-19(2)18-37-25-12-8-6-10-21(25)23-15-14-22(27(30-23)32-17-20(3)16-29(32,4)5)28(34)31-38(35,36)26-13-9-7-11-24(26)33/h6-10,12-15,19-20H,11,16-18H2,1-5H3,(H,31,34)/t20-/m0/s1. The van der Waals surface area contributed by atoms with E-state index in [4.69, 9.17) is 9.72 Å². The minimum Gasteiger partial charge on any atom is -0.493 e. The van der Waals surface area contributed by atoms with Crippen molar-refractivity contribution in [2.45, 2.75) is 53.0 Å². The lowest BCUT2D eigenvalue weighted by atomic mass is 9.97. The number of para-hydroxylation sites is 1. The van der Waals surface area contributed by atoms with Gasteiger partial charge in [0.25, 0.3) is 15.9 Å². The predicted octanol–water partition coefficient (Wildman–Crippen LogP) is 4.88. The summed E-state index contributed by atoms with van der Waals surface area (Å²) in [5, 5.41) is 0. The lowest BCUT2D eigenvalue weighted by Crippen LogP contribution is -2.41. The number of nitrogens with zero attached hydrogens (tertiary/aromatic N) is 2. The number of hydrogen-bond donors (Lipinski definition) is 1. The van der Waals surface area contributed by atoms with Gasteiger partial charge in [-0.2, -0.15) is 0 Å². The molecule has 202 valence electrons. The van der Waals surface area contributed by atoms with E-state index in [1.165, 1.54) is 12.2 Å². The molecule has 1 saturated heterocycles. The highest BCUT2D eigenvalue weighted by Gasteiger charge is 2.39. The first-order valence-corrected chi connectivity index (χ1v) is 14.4. The Kier molecular flexibility index (Phi) is 7.78. The van der Waals surface area contributed by atoms with E-state index in [1.807, 2.05) is 24.3 Å². The fraction of sp³-hybridized carbons (Fsp3) is 0.414. The maximum absolute atomic E-state index is 13.4. The maximum atomic E-state index is 13.4. The van der Waals surface area contributed by atoms with Crippen LogP contribution in [0.1, 0.15) is 57.8 Å². The maximum Gasteiger partial charge on any atom is 0.268 e. The number of amides is 1. The van der Waals surface area contributed by atoms with Crippen molar-refractivity contribution in [3.63, 3.8) is 0 Å². The van der Waals surface area contributed by atoms with Crippen molar-refractivity contribution in [1.82, 2.24) is 9.71 Å². The van der Waals surface area contributed by atoms with E-state index >= 15 is 0 Å². The Bertz CT molecular complexity index is 1410. The van der Waals surface area contributed by atoms with Crippen molar-refractivity contribution in [3.8, 4) is 17.0 Å². The summed E-state index contributed by atoms with van der Waals surface area (Å²) in [6, 6.07) is 10.9. The van der Waals surface area contributed by atoms with Gasteiger partial charge in [-0.3, -0.25) is 9.59 Å². The third-order valence-electron chi connectivity index (χ3n) is 6.66. The molecule has 2 heterocycles. The van der Waals surface area contributed by atoms with E-state index in [9.17, 15) is 18.0 Å². The summed E-state index contributed by atoms with van der Waals surface area (Å²) < 4.78 is 34.0. The molecule has 2 aromatic rings. The number of carbonyl (C=O) groups is 2. The van der Waals surface area contributed by atoms with Crippen LogP contribution in [0.2, 0.25) is 0 Å². The molecular formula is C29H35N3O5S. The highest BCUT2D eigenvalue weighted by Crippen LogP contribution is 2.39. The number of pyridine rings is 1. The smallest absolute Gasteiger partial charge is 0.268 e. The van der Waals surface area contributed by atoms with Crippen molar-refractivity contribution < 1.29 is 22.7 Å². The van der Waals surface area contributed by atoms with Gasteiger partial charge in [0.2, 0.25) is 0 Å². The normalized spacial score (nSPS) is 19.0. The molecule has 0 saturated carbocycles. The zero-order valence-corrected chi connectivity index (χ0v) is 23.3. The summed E-state index contributed by atoms with van der Waals surface area (Å²) in [7, 11) is -4.35. The molecule has 1 aromatic carbocycles.